The number of rotatable bonds is 4. The lowest BCUT2D eigenvalue weighted by Gasteiger charge is -2.25. The summed E-state index contributed by atoms with van der Waals surface area (Å²) in [5.74, 6) is -0.186. The molecule has 6 heteroatoms. The highest BCUT2D eigenvalue weighted by molar-refractivity contribution is 9.10. The number of halogens is 4. The summed E-state index contributed by atoms with van der Waals surface area (Å²) in [6.07, 6.45) is -4.35. The minimum absolute atomic E-state index is 0.186. The molecule has 0 radical (unpaired) electrons. The number of hydrogen-bond acceptors (Lipinski definition) is 2. The Labute approximate surface area is 119 Å². The average Bonchev–Trinajstić information content (AvgIpc) is 2.34. The van der Waals surface area contributed by atoms with Crippen LogP contribution in [0.2, 0.25) is 0 Å². The van der Waals surface area contributed by atoms with Crippen molar-refractivity contribution < 1.29 is 13.2 Å². The molecule has 104 valence electrons. The number of alkyl halides is 3. The minimum Gasteiger partial charge on any atom is -0.370 e. The molecule has 0 saturated heterocycles. The Hall–Kier alpha value is -1.22. The first kappa shape index (κ1) is 15.8. The average molecular weight is 335 g/mol. The number of nitrogens with zero attached hydrogens (tertiary/aromatic N) is 2. The van der Waals surface area contributed by atoms with Crippen LogP contribution in [0.5, 0.6) is 0 Å². The molecular formula is C13H14BrF3N2. The molecule has 0 aromatic heterocycles. The van der Waals surface area contributed by atoms with Crippen molar-refractivity contribution in [3.8, 4) is 6.07 Å². The molecule has 0 spiro atoms. The molecule has 0 amide bonds. The van der Waals surface area contributed by atoms with Gasteiger partial charge in [0.2, 0.25) is 0 Å². The summed E-state index contributed by atoms with van der Waals surface area (Å²) in [6.45, 7) is 4.78. The summed E-state index contributed by atoms with van der Waals surface area (Å²) in [5.41, 5.74) is -0.0230. The topological polar surface area (TPSA) is 27.0 Å². The molecule has 1 atom stereocenters. The molecule has 0 heterocycles. The second kappa shape index (κ2) is 6.29. The van der Waals surface area contributed by atoms with Gasteiger partial charge in [-0.05, 0) is 48.0 Å². The molecule has 0 aliphatic carbocycles. The van der Waals surface area contributed by atoms with E-state index in [2.05, 4.69) is 22.0 Å². The van der Waals surface area contributed by atoms with E-state index in [1.165, 1.54) is 6.07 Å². The van der Waals surface area contributed by atoms with Crippen molar-refractivity contribution in [2.75, 3.05) is 18.0 Å². The molecule has 0 bridgehead atoms. The number of hydrogen-bond donors (Lipinski definition) is 0. The van der Waals surface area contributed by atoms with E-state index >= 15 is 0 Å². The van der Waals surface area contributed by atoms with Crippen LogP contribution in [0.4, 0.5) is 18.9 Å². The SMILES string of the molecule is CCN(CC(C)C#N)c1ccc(C(F)(F)F)cc1Br. The third-order valence-electron chi connectivity index (χ3n) is 2.71. The van der Waals surface area contributed by atoms with E-state index in [0.717, 1.165) is 12.1 Å². The van der Waals surface area contributed by atoms with Gasteiger partial charge in [0, 0.05) is 17.6 Å². The quantitative estimate of drug-likeness (QED) is 0.813. The van der Waals surface area contributed by atoms with Gasteiger partial charge in [0.1, 0.15) is 0 Å². The Morgan fingerprint density at radius 1 is 1.42 bits per heavy atom. The van der Waals surface area contributed by atoms with Gasteiger partial charge in [-0.3, -0.25) is 0 Å². The molecule has 0 saturated carbocycles. The van der Waals surface area contributed by atoms with Crippen molar-refractivity contribution in [1.82, 2.24) is 0 Å². The van der Waals surface area contributed by atoms with Gasteiger partial charge in [0.25, 0.3) is 0 Å². The lowest BCUT2D eigenvalue weighted by atomic mass is 10.1. The molecule has 19 heavy (non-hydrogen) atoms. The molecular weight excluding hydrogens is 321 g/mol. The van der Waals surface area contributed by atoms with E-state index in [9.17, 15) is 13.2 Å². The molecule has 1 aromatic carbocycles. The third-order valence-corrected chi connectivity index (χ3v) is 3.35. The van der Waals surface area contributed by atoms with Crippen molar-refractivity contribution in [3.63, 3.8) is 0 Å². The van der Waals surface area contributed by atoms with Gasteiger partial charge in [0.05, 0.1) is 23.2 Å². The number of nitriles is 1. The van der Waals surface area contributed by atoms with E-state index in [4.69, 9.17) is 5.26 Å². The van der Waals surface area contributed by atoms with E-state index in [-0.39, 0.29) is 5.92 Å². The summed E-state index contributed by atoms with van der Waals surface area (Å²) in [7, 11) is 0. The van der Waals surface area contributed by atoms with Crippen LogP contribution >= 0.6 is 15.9 Å². The number of anilines is 1. The van der Waals surface area contributed by atoms with Gasteiger partial charge in [-0.2, -0.15) is 18.4 Å². The second-order valence-electron chi connectivity index (χ2n) is 4.23. The highest BCUT2D eigenvalue weighted by atomic mass is 79.9. The van der Waals surface area contributed by atoms with Crippen LogP contribution in [0.3, 0.4) is 0 Å². The number of benzene rings is 1. The van der Waals surface area contributed by atoms with Crippen LogP contribution in [0, 0.1) is 17.2 Å². The highest BCUT2D eigenvalue weighted by Crippen LogP contribution is 2.35. The third kappa shape index (κ3) is 4.13. The van der Waals surface area contributed by atoms with Gasteiger partial charge in [-0.1, -0.05) is 0 Å². The first-order chi connectivity index (χ1) is 8.79. The fourth-order valence-electron chi connectivity index (χ4n) is 1.71. The lowest BCUT2D eigenvalue weighted by Crippen LogP contribution is -2.28. The normalized spacial score (nSPS) is 12.9. The van der Waals surface area contributed by atoms with Gasteiger partial charge < -0.3 is 4.90 Å². The fourth-order valence-corrected chi connectivity index (χ4v) is 2.34. The van der Waals surface area contributed by atoms with Gasteiger partial charge >= 0.3 is 6.18 Å². The summed E-state index contributed by atoms with van der Waals surface area (Å²) in [4.78, 5) is 1.87. The summed E-state index contributed by atoms with van der Waals surface area (Å²) >= 11 is 3.17. The monoisotopic (exact) mass is 334 g/mol. The van der Waals surface area contributed by atoms with Crippen LogP contribution in [0.15, 0.2) is 22.7 Å². The molecule has 2 nitrogen and oxygen atoms in total. The summed E-state index contributed by atoms with van der Waals surface area (Å²) in [6, 6.07) is 5.67. The summed E-state index contributed by atoms with van der Waals surface area (Å²) < 4.78 is 38.1. The van der Waals surface area contributed by atoms with Crippen LogP contribution in [-0.2, 0) is 6.18 Å². The second-order valence-corrected chi connectivity index (χ2v) is 5.09. The van der Waals surface area contributed by atoms with E-state index in [1.807, 2.05) is 11.8 Å². The van der Waals surface area contributed by atoms with Crippen LogP contribution in [-0.4, -0.2) is 13.1 Å². The molecule has 1 rings (SSSR count). The van der Waals surface area contributed by atoms with Crippen LogP contribution < -0.4 is 4.90 Å². The van der Waals surface area contributed by atoms with Crippen molar-refractivity contribution in [2.45, 2.75) is 20.0 Å². The lowest BCUT2D eigenvalue weighted by molar-refractivity contribution is -0.137. The Morgan fingerprint density at radius 2 is 2.05 bits per heavy atom. The predicted molar refractivity (Wildman–Crippen MR) is 71.8 cm³/mol. The van der Waals surface area contributed by atoms with Gasteiger partial charge in [-0.25, -0.2) is 0 Å². The Balaban J connectivity index is 3.04. The standard InChI is InChI=1S/C13H14BrF3N2/c1-3-19(8-9(2)7-18)12-5-4-10(6-11(12)14)13(15,16)17/h4-6,9H,3,8H2,1-2H3. The van der Waals surface area contributed by atoms with Gasteiger partial charge in [0.15, 0.2) is 0 Å². The smallest absolute Gasteiger partial charge is 0.370 e. The predicted octanol–water partition coefficient (Wildman–Crippen LogP) is 4.45. The molecule has 0 N–H and O–H groups in total. The zero-order valence-corrected chi connectivity index (χ0v) is 12.2. The van der Waals surface area contributed by atoms with E-state index in [0.29, 0.717) is 23.2 Å². The van der Waals surface area contributed by atoms with Crippen molar-refractivity contribution >= 4 is 21.6 Å². The van der Waals surface area contributed by atoms with Crippen molar-refractivity contribution in [1.29, 1.82) is 5.26 Å². The maximum atomic E-state index is 12.6. The first-order valence-electron chi connectivity index (χ1n) is 5.81. The maximum Gasteiger partial charge on any atom is 0.416 e. The van der Waals surface area contributed by atoms with E-state index < -0.39 is 11.7 Å². The molecule has 1 unspecified atom stereocenters. The zero-order valence-electron chi connectivity index (χ0n) is 10.6. The highest BCUT2D eigenvalue weighted by Gasteiger charge is 2.31. The molecule has 0 aliphatic rings. The molecule has 0 aliphatic heterocycles. The van der Waals surface area contributed by atoms with Crippen molar-refractivity contribution in [3.05, 3.63) is 28.2 Å². The minimum atomic E-state index is -4.35. The summed E-state index contributed by atoms with van der Waals surface area (Å²) in [5, 5.41) is 8.81. The zero-order chi connectivity index (χ0) is 14.6. The Bertz CT molecular complexity index is 480. The fraction of sp³-hybridized carbons (Fsp3) is 0.462. The van der Waals surface area contributed by atoms with Gasteiger partial charge in [-0.15, -0.1) is 0 Å². The first-order valence-corrected chi connectivity index (χ1v) is 6.60. The Kier molecular flexibility index (Phi) is 5.24. The van der Waals surface area contributed by atoms with E-state index in [1.54, 1.807) is 6.92 Å². The maximum absolute atomic E-state index is 12.6. The molecule has 1 aromatic rings. The largest absolute Gasteiger partial charge is 0.416 e. The van der Waals surface area contributed by atoms with Crippen LogP contribution in [0.25, 0.3) is 0 Å². The van der Waals surface area contributed by atoms with Crippen molar-refractivity contribution in [2.24, 2.45) is 5.92 Å². The Morgan fingerprint density at radius 3 is 2.47 bits per heavy atom. The molecule has 0 fully saturated rings. The van der Waals surface area contributed by atoms with Crippen LogP contribution in [0.1, 0.15) is 19.4 Å².